The van der Waals surface area contributed by atoms with E-state index in [-0.39, 0.29) is 9.76 Å². The second-order valence-electron chi connectivity index (χ2n) is 3.29. The summed E-state index contributed by atoms with van der Waals surface area (Å²) >= 11 is 0. The first kappa shape index (κ1) is 12.6. The predicted molar refractivity (Wildman–Crippen MR) is 63.6 cm³/mol. The molecule has 7 heteroatoms. The zero-order valence-electron chi connectivity index (χ0n) is 9.03. The summed E-state index contributed by atoms with van der Waals surface area (Å²) in [5.41, 5.74) is 0. The molecule has 1 aliphatic heterocycles. The minimum atomic E-state index is -1.25. The van der Waals surface area contributed by atoms with E-state index in [4.69, 9.17) is 17.7 Å². The molecule has 1 rings (SSSR count). The van der Waals surface area contributed by atoms with Crippen molar-refractivity contribution in [1.82, 2.24) is 0 Å². The smallest absolute Gasteiger partial charge is 0.299 e. The highest BCUT2D eigenvalue weighted by Crippen LogP contribution is 2.09. The highest BCUT2D eigenvalue weighted by Gasteiger charge is 2.22. The third-order valence-corrected chi connectivity index (χ3v) is 7.85. The lowest BCUT2D eigenvalue weighted by atomic mass is 10.5. The standard InChI is InChI=1S/C7H20O4Si3/c1-13-11-14(10-12)4-2-3-8-5-7-6-9-7/h7,14H,2-6,13H2,1,12H3. The van der Waals surface area contributed by atoms with Gasteiger partial charge in [0, 0.05) is 6.61 Å². The van der Waals surface area contributed by atoms with Crippen LogP contribution in [0.5, 0.6) is 0 Å². The molecule has 84 valence electrons. The lowest BCUT2D eigenvalue weighted by Crippen LogP contribution is -2.23. The van der Waals surface area contributed by atoms with Crippen LogP contribution in [0.25, 0.3) is 0 Å². The average Bonchev–Trinajstić information content (AvgIpc) is 2.99. The van der Waals surface area contributed by atoms with Gasteiger partial charge in [0.05, 0.1) is 13.2 Å². The molecule has 0 N–H and O–H groups in total. The lowest BCUT2D eigenvalue weighted by molar-refractivity contribution is 0.116. The van der Waals surface area contributed by atoms with Gasteiger partial charge in [0.25, 0.3) is 9.28 Å². The molecule has 0 aromatic carbocycles. The van der Waals surface area contributed by atoms with Crippen LogP contribution in [0.15, 0.2) is 0 Å². The van der Waals surface area contributed by atoms with E-state index in [1.165, 1.54) is 0 Å². The minimum Gasteiger partial charge on any atom is -0.447 e. The maximum Gasteiger partial charge on any atom is 0.299 e. The van der Waals surface area contributed by atoms with Crippen LogP contribution in [0, 0.1) is 0 Å². The van der Waals surface area contributed by atoms with E-state index in [1.807, 2.05) is 0 Å². The summed E-state index contributed by atoms with van der Waals surface area (Å²) in [7, 11) is -0.730. The molecule has 2 atom stereocenters. The molecule has 0 spiro atoms. The van der Waals surface area contributed by atoms with E-state index in [0.717, 1.165) is 42.8 Å². The van der Waals surface area contributed by atoms with Crippen LogP contribution in [0.1, 0.15) is 6.42 Å². The third-order valence-electron chi connectivity index (χ3n) is 2.05. The summed E-state index contributed by atoms with van der Waals surface area (Å²) in [5.74, 6) is 0. The minimum absolute atomic E-state index is 0.289. The maximum atomic E-state index is 5.64. The van der Waals surface area contributed by atoms with E-state index in [2.05, 4.69) is 6.55 Å². The highest BCUT2D eigenvalue weighted by atomic mass is 28.4. The second kappa shape index (κ2) is 7.74. The van der Waals surface area contributed by atoms with Gasteiger partial charge >= 0.3 is 0 Å². The van der Waals surface area contributed by atoms with Crippen LogP contribution in [0.3, 0.4) is 0 Å². The number of epoxide rings is 1. The SMILES string of the molecule is C[SiH2]O[SiH](CCCOCC1CO1)O[SiH3]. The van der Waals surface area contributed by atoms with Gasteiger partial charge in [0.1, 0.15) is 26.4 Å². The molecule has 0 radical (unpaired) electrons. The van der Waals surface area contributed by atoms with E-state index < -0.39 is 9.28 Å². The molecule has 2 unspecified atom stereocenters. The van der Waals surface area contributed by atoms with Gasteiger partial charge in [-0.25, -0.2) is 0 Å². The van der Waals surface area contributed by atoms with Crippen molar-refractivity contribution in [2.24, 2.45) is 0 Å². The third kappa shape index (κ3) is 6.06. The van der Waals surface area contributed by atoms with Gasteiger partial charge in [-0.05, 0) is 12.5 Å². The van der Waals surface area contributed by atoms with Crippen molar-refractivity contribution in [1.29, 1.82) is 0 Å². The molecule has 1 saturated heterocycles. The van der Waals surface area contributed by atoms with Crippen molar-refractivity contribution in [2.45, 2.75) is 25.1 Å². The van der Waals surface area contributed by atoms with E-state index in [9.17, 15) is 0 Å². The Hall–Kier alpha value is 0.491. The van der Waals surface area contributed by atoms with E-state index in [1.54, 1.807) is 0 Å². The first-order chi connectivity index (χ1) is 6.86. The van der Waals surface area contributed by atoms with Crippen molar-refractivity contribution >= 4 is 29.5 Å². The van der Waals surface area contributed by atoms with Gasteiger partial charge in [0.2, 0.25) is 0 Å². The Labute approximate surface area is 92.6 Å². The fourth-order valence-corrected chi connectivity index (χ4v) is 6.55. The molecule has 0 amide bonds. The van der Waals surface area contributed by atoms with Crippen LogP contribution in [-0.4, -0.2) is 55.5 Å². The van der Waals surface area contributed by atoms with Crippen molar-refractivity contribution in [3.8, 4) is 0 Å². The molecule has 0 aromatic rings. The molecule has 14 heavy (non-hydrogen) atoms. The molecule has 0 bridgehead atoms. The Bertz CT molecular complexity index is 145. The number of rotatable bonds is 9. The summed E-state index contributed by atoms with van der Waals surface area (Å²) in [6, 6.07) is 1.09. The fraction of sp³-hybridized carbons (Fsp3) is 1.00. The number of hydrogen-bond acceptors (Lipinski definition) is 4. The molecule has 1 aliphatic rings. The van der Waals surface area contributed by atoms with Gasteiger partial charge in [0.15, 0.2) is 0 Å². The summed E-state index contributed by atoms with van der Waals surface area (Å²) < 4.78 is 21.6. The maximum absolute atomic E-state index is 5.64. The lowest BCUT2D eigenvalue weighted by Gasteiger charge is -2.13. The fourth-order valence-electron chi connectivity index (χ4n) is 1.19. The van der Waals surface area contributed by atoms with Crippen molar-refractivity contribution < 1.29 is 17.7 Å². The van der Waals surface area contributed by atoms with E-state index >= 15 is 0 Å². The van der Waals surface area contributed by atoms with Crippen LogP contribution < -0.4 is 0 Å². The summed E-state index contributed by atoms with van der Waals surface area (Å²) in [6.45, 7) is 4.62. The van der Waals surface area contributed by atoms with Crippen LogP contribution >= 0.6 is 0 Å². The monoisotopic (exact) mass is 252 g/mol. The Balaban J connectivity index is 1.84. The van der Waals surface area contributed by atoms with Crippen molar-refractivity contribution in [3.05, 3.63) is 0 Å². The first-order valence-corrected chi connectivity index (χ1v) is 9.77. The van der Waals surface area contributed by atoms with Gasteiger partial charge in [-0.2, -0.15) is 0 Å². The van der Waals surface area contributed by atoms with Gasteiger partial charge < -0.3 is 17.7 Å². The summed E-state index contributed by atoms with van der Waals surface area (Å²) in [6.07, 6.45) is 1.46. The molecule has 1 fully saturated rings. The summed E-state index contributed by atoms with van der Waals surface area (Å²) in [4.78, 5) is 0. The molecule has 0 aliphatic carbocycles. The Morgan fingerprint density at radius 3 is 3.00 bits per heavy atom. The normalized spacial score (nSPS) is 23.4. The number of hydrogen-bond donors (Lipinski definition) is 0. The van der Waals surface area contributed by atoms with Crippen LogP contribution in [0.4, 0.5) is 0 Å². The Morgan fingerprint density at radius 2 is 2.43 bits per heavy atom. The summed E-state index contributed by atoms with van der Waals surface area (Å²) in [5, 5.41) is 0. The largest absolute Gasteiger partial charge is 0.447 e. The Morgan fingerprint density at radius 1 is 1.64 bits per heavy atom. The first-order valence-electron chi connectivity index (χ1n) is 5.20. The molecule has 4 nitrogen and oxygen atoms in total. The quantitative estimate of drug-likeness (QED) is 0.283. The second-order valence-corrected chi connectivity index (χ2v) is 8.53. The van der Waals surface area contributed by atoms with Gasteiger partial charge in [-0.3, -0.25) is 0 Å². The zero-order chi connectivity index (χ0) is 10.2. The Kier molecular flexibility index (Phi) is 6.94. The van der Waals surface area contributed by atoms with Gasteiger partial charge in [-0.1, -0.05) is 6.55 Å². The van der Waals surface area contributed by atoms with Crippen LogP contribution in [-0.2, 0) is 17.7 Å². The zero-order valence-corrected chi connectivity index (χ0v) is 13.6. The van der Waals surface area contributed by atoms with Gasteiger partial charge in [-0.15, -0.1) is 0 Å². The van der Waals surface area contributed by atoms with Crippen LogP contribution in [0.2, 0.25) is 12.6 Å². The van der Waals surface area contributed by atoms with E-state index in [0.29, 0.717) is 6.10 Å². The molecular weight excluding hydrogens is 232 g/mol. The van der Waals surface area contributed by atoms with Crippen molar-refractivity contribution in [2.75, 3.05) is 19.8 Å². The molecular formula is C7H20O4Si3. The predicted octanol–water partition coefficient (Wildman–Crippen LogP) is -1.54. The number of ether oxygens (including phenoxy) is 2. The molecule has 0 aromatic heterocycles. The topological polar surface area (TPSA) is 40.2 Å². The highest BCUT2D eigenvalue weighted by molar-refractivity contribution is 6.55. The molecule has 1 heterocycles. The average molecular weight is 252 g/mol. The molecule has 0 saturated carbocycles. The van der Waals surface area contributed by atoms with Crippen molar-refractivity contribution in [3.63, 3.8) is 0 Å².